The zero-order valence-electron chi connectivity index (χ0n) is 24.1. The normalized spacial score (nSPS) is 12.8. The predicted octanol–water partition coefficient (Wildman–Crippen LogP) is 8.30. The van der Waals surface area contributed by atoms with Crippen molar-refractivity contribution in [2.75, 3.05) is 50.5 Å². The molecule has 0 bridgehead atoms. The molecule has 0 unspecified atom stereocenters. The average Bonchev–Trinajstić information content (AvgIpc) is 3.81. The highest BCUT2D eigenvalue weighted by atomic mass is 32.1. The molecule has 0 spiro atoms. The molecular formula is C32H35N9S2. The van der Waals surface area contributed by atoms with Crippen molar-refractivity contribution < 1.29 is 0 Å². The Hall–Kier alpha value is -4.74. The fourth-order valence-electron chi connectivity index (χ4n) is 4.74. The molecule has 6 N–H and O–H groups in total. The quantitative estimate of drug-likeness (QED) is 0.0780. The van der Waals surface area contributed by atoms with Crippen LogP contribution in [0.2, 0.25) is 0 Å². The first-order chi connectivity index (χ1) is 21.1. The van der Waals surface area contributed by atoms with E-state index < -0.39 is 0 Å². The van der Waals surface area contributed by atoms with Gasteiger partial charge in [0.25, 0.3) is 0 Å². The Morgan fingerprint density at radius 1 is 0.651 bits per heavy atom. The number of anilines is 7. The van der Waals surface area contributed by atoms with Crippen LogP contribution in [-0.2, 0) is 0 Å². The summed E-state index contributed by atoms with van der Waals surface area (Å²) in [7, 11) is 0. The fraction of sp³-hybridized carbons (Fsp3) is 0.188. The Balaban J connectivity index is 0.973. The van der Waals surface area contributed by atoms with Gasteiger partial charge in [-0.2, -0.15) is 0 Å². The first kappa shape index (κ1) is 28.4. The van der Waals surface area contributed by atoms with Crippen LogP contribution in [0.5, 0.6) is 0 Å². The Morgan fingerprint density at radius 3 is 2.02 bits per heavy atom. The average molecular weight is 610 g/mol. The molecule has 0 atom stereocenters. The van der Waals surface area contributed by atoms with Crippen LogP contribution in [0.3, 0.4) is 0 Å². The molecule has 0 aliphatic carbocycles. The summed E-state index contributed by atoms with van der Waals surface area (Å²) in [6.45, 7) is 6.47. The van der Waals surface area contributed by atoms with Crippen molar-refractivity contribution in [3.8, 4) is 0 Å². The van der Waals surface area contributed by atoms with Crippen molar-refractivity contribution in [3.05, 3.63) is 101 Å². The van der Waals surface area contributed by atoms with Gasteiger partial charge in [-0.25, -0.2) is 0 Å². The smallest absolute Gasteiger partial charge is 0.224 e. The second-order valence-corrected chi connectivity index (χ2v) is 12.4. The van der Waals surface area contributed by atoms with Gasteiger partial charge in [-0.1, -0.05) is 59.1 Å². The van der Waals surface area contributed by atoms with Gasteiger partial charge in [-0.15, -0.1) is 10.2 Å². The van der Waals surface area contributed by atoms with Crippen LogP contribution >= 0.6 is 22.7 Å². The maximum Gasteiger partial charge on any atom is 0.224 e. The van der Waals surface area contributed by atoms with Crippen LogP contribution < -0.4 is 37.5 Å². The van der Waals surface area contributed by atoms with Gasteiger partial charge >= 0.3 is 0 Å². The van der Waals surface area contributed by atoms with Crippen molar-refractivity contribution in [1.29, 1.82) is 0 Å². The molecule has 9 nitrogen and oxygen atoms in total. The number of aromatic nitrogens is 2. The lowest BCUT2D eigenvalue weighted by atomic mass is 10.2. The van der Waals surface area contributed by atoms with Crippen LogP contribution in [0, 0.1) is 13.8 Å². The Labute approximate surface area is 260 Å². The first-order valence-electron chi connectivity index (χ1n) is 14.3. The van der Waals surface area contributed by atoms with Crippen LogP contribution in [0.4, 0.5) is 37.9 Å². The monoisotopic (exact) mass is 609 g/mol. The van der Waals surface area contributed by atoms with E-state index >= 15 is 0 Å². The van der Waals surface area contributed by atoms with E-state index in [1.54, 1.807) is 11.3 Å². The van der Waals surface area contributed by atoms with Crippen molar-refractivity contribution in [2.24, 2.45) is 0 Å². The first-order valence-corrected chi connectivity index (χ1v) is 15.9. The van der Waals surface area contributed by atoms with Crippen LogP contribution in [0.1, 0.15) is 34.5 Å². The van der Waals surface area contributed by atoms with Gasteiger partial charge in [0, 0.05) is 13.1 Å². The van der Waals surface area contributed by atoms with Crippen molar-refractivity contribution in [2.45, 2.75) is 26.7 Å². The maximum absolute atomic E-state index is 4.24. The van der Waals surface area contributed by atoms with Crippen molar-refractivity contribution in [3.63, 3.8) is 0 Å². The van der Waals surface area contributed by atoms with E-state index in [1.807, 2.05) is 42.5 Å². The van der Waals surface area contributed by atoms with Gasteiger partial charge in [0.1, 0.15) is 10.0 Å². The summed E-state index contributed by atoms with van der Waals surface area (Å²) in [6, 6.07) is 26.8. The molecule has 11 heteroatoms. The predicted molar refractivity (Wildman–Crippen MR) is 185 cm³/mol. The molecule has 1 aliphatic rings. The van der Waals surface area contributed by atoms with E-state index in [4.69, 9.17) is 0 Å². The van der Waals surface area contributed by atoms with E-state index in [0.717, 1.165) is 62.5 Å². The fourth-order valence-corrected chi connectivity index (χ4v) is 6.25. The van der Waals surface area contributed by atoms with Gasteiger partial charge in [-0.05, 0) is 98.0 Å². The van der Waals surface area contributed by atoms with Gasteiger partial charge < -0.3 is 21.2 Å². The van der Waals surface area contributed by atoms with Crippen LogP contribution in [0.25, 0.3) is 12.2 Å². The number of hydrogen-bond donors (Lipinski definition) is 6. The van der Waals surface area contributed by atoms with Gasteiger partial charge in [0.2, 0.25) is 5.13 Å². The number of nitrogens with zero attached hydrogens (tertiary/aromatic N) is 3. The standard InChI is InChI=1S/C32H35N9S2/c1-22-21-26(34-37-29-16-17-31(42-29)41-18-6-7-19-41)12-13-27(22)35-33-25-11-14-28(23(2)20-25)36-39-32-40-38-30(43-32)15-10-24-8-4-3-5-9-24/h3-5,8-17,20-21,33-37H,6-7,18-19H2,1-2H3,(H,39,40)/b15-10+. The molecular weight excluding hydrogens is 575 g/mol. The summed E-state index contributed by atoms with van der Waals surface area (Å²) < 4.78 is 0. The lowest BCUT2D eigenvalue weighted by Crippen LogP contribution is -2.15. The molecule has 3 aromatic carbocycles. The number of hydrogen-bond acceptors (Lipinski definition) is 11. The number of aryl methyl sites for hydroxylation is 2. The molecule has 0 saturated carbocycles. The molecule has 5 aromatic rings. The Kier molecular flexibility index (Phi) is 8.90. The van der Waals surface area contributed by atoms with Crippen LogP contribution in [0.15, 0.2) is 78.9 Å². The molecule has 1 saturated heterocycles. The van der Waals surface area contributed by atoms with Gasteiger partial charge in [0.15, 0.2) is 0 Å². The summed E-state index contributed by atoms with van der Waals surface area (Å²) >= 11 is 3.26. The third-order valence-electron chi connectivity index (χ3n) is 7.10. The summed E-state index contributed by atoms with van der Waals surface area (Å²) in [5.41, 5.74) is 27.0. The molecule has 0 radical (unpaired) electrons. The molecule has 6 rings (SSSR count). The van der Waals surface area contributed by atoms with E-state index in [9.17, 15) is 0 Å². The zero-order chi connectivity index (χ0) is 29.4. The van der Waals surface area contributed by atoms with Crippen molar-refractivity contribution in [1.82, 2.24) is 10.2 Å². The van der Waals surface area contributed by atoms with Gasteiger partial charge in [-0.3, -0.25) is 16.3 Å². The maximum atomic E-state index is 4.24. The number of rotatable bonds is 12. The SMILES string of the molecule is Cc1cc(NNc2ccc(N3CCCC3)s2)ccc1NNc1ccc(NNc2nnc(/C=C/c3ccccc3)s2)c(C)c1. The van der Waals surface area contributed by atoms with E-state index in [0.29, 0.717) is 5.13 Å². The van der Waals surface area contributed by atoms with E-state index in [2.05, 4.69) is 110 Å². The highest BCUT2D eigenvalue weighted by molar-refractivity contribution is 7.20. The molecule has 0 amide bonds. The molecule has 1 fully saturated rings. The number of hydrazine groups is 3. The second-order valence-electron chi connectivity index (χ2n) is 10.3. The highest BCUT2D eigenvalue weighted by Gasteiger charge is 2.14. The Morgan fingerprint density at radius 2 is 1.33 bits per heavy atom. The molecule has 43 heavy (non-hydrogen) atoms. The third kappa shape index (κ3) is 7.56. The summed E-state index contributed by atoms with van der Waals surface area (Å²) in [5.74, 6) is 0. The molecule has 2 aromatic heterocycles. The summed E-state index contributed by atoms with van der Waals surface area (Å²) in [4.78, 5) is 2.46. The lowest BCUT2D eigenvalue weighted by Gasteiger charge is -2.16. The van der Waals surface area contributed by atoms with E-state index in [1.165, 1.54) is 29.2 Å². The van der Waals surface area contributed by atoms with Gasteiger partial charge in [0.05, 0.1) is 27.8 Å². The topological polar surface area (TPSA) is 101 Å². The number of nitrogens with one attached hydrogen (secondary N) is 6. The zero-order valence-corrected chi connectivity index (χ0v) is 25.8. The summed E-state index contributed by atoms with van der Waals surface area (Å²) in [6.07, 6.45) is 6.57. The summed E-state index contributed by atoms with van der Waals surface area (Å²) in [5, 5.41) is 12.4. The number of thiophene rings is 1. The van der Waals surface area contributed by atoms with E-state index in [-0.39, 0.29) is 0 Å². The Bertz CT molecular complexity index is 1670. The minimum absolute atomic E-state index is 0.696. The second kappa shape index (κ2) is 13.5. The van der Waals surface area contributed by atoms with Crippen LogP contribution in [-0.4, -0.2) is 23.3 Å². The molecule has 220 valence electrons. The third-order valence-corrected chi connectivity index (χ3v) is 8.96. The minimum Gasteiger partial charge on any atom is -0.363 e. The minimum atomic E-state index is 0.696. The largest absolute Gasteiger partial charge is 0.363 e. The molecule has 3 heterocycles. The number of benzene rings is 3. The molecule has 1 aliphatic heterocycles. The van der Waals surface area contributed by atoms with Crippen molar-refractivity contribution >= 4 is 72.7 Å². The lowest BCUT2D eigenvalue weighted by molar-refractivity contribution is 0.949. The highest BCUT2D eigenvalue weighted by Crippen LogP contribution is 2.32.